The molecule has 0 aliphatic carbocycles. The summed E-state index contributed by atoms with van der Waals surface area (Å²) in [5.41, 5.74) is 0.0900. The summed E-state index contributed by atoms with van der Waals surface area (Å²) in [5, 5.41) is 9.42. The molecule has 1 fully saturated rings. The Hall–Kier alpha value is -2.04. The first kappa shape index (κ1) is 15.4. The smallest absolute Gasteiger partial charge is 0.410 e. The van der Waals surface area contributed by atoms with Crippen molar-refractivity contribution in [1.82, 2.24) is 4.90 Å². The van der Waals surface area contributed by atoms with E-state index in [9.17, 15) is 14.7 Å². The summed E-state index contributed by atoms with van der Waals surface area (Å²) >= 11 is 0. The fourth-order valence-electron chi connectivity index (χ4n) is 2.71. The van der Waals surface area contributed by atoms with Crippen LogP contribution in [0, 0.1) is 5.41 Å². The molecular formula is C16H21NO4. The van der Waals surface area contributed by atoms with Gasteiger partial charge in [-0.15, -0.1) is 0 Å². The summed E-state index contributed by atoms with van der Waals surface area (Å²) in [6.45, 7) is 2.85. The maximum absolute atomic E-state index is 12.1. The van der Waals surface area contributed by atoms with Crippen LogP contribution >= 0.6 is 0 Å². The van der Waals surface area contributed by atoms with Crippen LogP contribution in [0.5, 0.6) is 0 Å². The zero-order valence-corrected chi connectivity index (χ0v) is 12.2. The first-order chi connectivity index (χ1) is 10.1. The number of nitrogens with zero attached hydrogens (tertiary/aromatic N) is 1. The zero-order valence-electron chi connectivity index (χ0n) is 12.2. The van der Waals surface area contributed by atoms with Gasteiger partial charge < -0.3 is 14.7 Å². The number of benzene rings is 1. The number of carbonyl (C=O) groups excluding carboxylic acids is 1. The lowest BCUT2D eigenvalue weighted by atomic mass is 9.78. The quantitative estimate of drug-likeness (QED) is 0.926. The second-order valence-corrected chi connectivity index (χ2v) is 5.50. The molecule has 1 unspecified atom stereocenters. The monoisotopic (exact) mass is 291 g/mol. The molecule has 0 aromatic heterocycles. The van der Waals surface area contributed by atoms with Crippen LogP contribution in [0.1, 0.15) is 31.7 Å². The molecule has 0 bridgehead atoms. The van der Waals surface area contributed by atoms with E-state index < -0.39 is 17.5 Å². The van der Waals surface area contributed by atoms with Crippen molar-refractivity contribution in [3.8, 4) is 0 Å². The van der Waals surface area contributed by atoms with Crippen LogP contribution in [0.2, 0.25) is 0 Å². The predicted octanol–water partition coefficient (Wildman–Crippen LogP) is 2.90. The number of ether oxygens (including phenoxy) is 1. The van der Waals surface area contributed by atoms with E-state index in [1.165, 1.54) is 4.90 Å². The van der Waals surface area contributed by atoms with E-state index in [0.29, 0.717) is 25.8 Å². The zero-order chi connectivity index (χ0) is 15.3. The molecule has 1 heterocycles. The minimum absolute atomic E-state index is 0.211. The van der Waals surface area contributed by atoms with E-state index in [4.69, 9.17) is 4.74 Å². The topological polar surface area (TPSA) is 66.8 Å². The Bertz CT molecular complexity index is 502. The van der Waals surface area contributed by atoms with Crippen LogP contribution in [0.25, 0.3) is 0 Å². The van der Waals surface area contributed by atoms with Gasteiger partial charge in [-0.3, -0.25) is 4.79 Å². The molecule has 1 aromatic rings. The number of carbonyl (C=O) groups is 2. The van der Waals surface area contributed by atoms with Crippen LogP contribution in [-0.4, -0.2) is 35.2 Å². The molecule has 1 aliphatic rings. The van der Waals surface area contributed by atoms with Crippen molar-refractivity contribution in [1.29, 1.82) is 0 Å². The van der Waals surface area contributed by atoms with Gasteiger partial charge in [-0.2, -0.15) is 0 Å². The lowest BCUT2D eigenvalue weighted by molar-refractivity contribution is -0.152. The Morgan fingerprint density at radius 1 is 1.33 bits per heavy atom. The van der Waals surface area contributed by atoms with Gasteiger partial charge in [0.25, 0.3) is 0 Å². The highest BCUT2D eigenvalue weighted by molar-refractivity contribution is 5.77. The number of rotatable bonds is 4. The average Bonchev–Trinajstić information content (AvgIpc) is 2.53. The van der Waals surface area contributed by atoms with Crippen LogP contribution in [-0.2, 0) is 16.1 Å². The Morgan fingerprint density at radius 2 is 2.05 bits per heavy atom. The number of hydrogen-bond acceptors (Lipinski definition) is 3. The van der Waals surface area contributed by atoms with Crippen molar-refractivity contribution in [3.05, 3.63) is 35.9 Å². The Morgan fingerprint density at radius 3 is 2.67 bits per heavy atom. The molecule has 1 aromatic carbocycles. The number of hydrogen-bond donors (Lipinski definition) is 1. The van der Waals surface area contributed by atoms with E-state index >= 15 is 0 Å². The molecular weight excluding hydrogens is 270 g/mol. The second kappa shape index (κ2) is 6.61. The second-order valence-electron chi connectivity index (χ2n) is 5.50. The summed E-state index contributed by atoms with van der Waals surface area (Å²) in [6, 6.07) is 9.44. The Kier molecular flexibility index (Phi) is 4.83. The highest BCUT2D eigenvalue weighted by Crippen LogP contribution is 2.33. The van der Waals surface area contributed by atoms with Gasteiger partial charge in [-0.05, 0) is 24.8 Å². The lowest BCUT2D eigenvalue weighted by Crippen LogP contribution is -2.49. The normalized spacial score (nSPS) is 21.9. The van der Waals surface area contributed by atoms with Gasteiger partial charge in [0, 0.05) is 13.1 Å². The van der Waals surface area contributed by atoms with Crippen molar-refractivity contribution >= 4 is 12.1 Å². The fraction of sp³-hybridized carbons (Fsp3) is 0.500. The first-order valence-electron chi connectivity index (χ1n) is 7.26. The fourth-order valence-corrected chi connectivity index (χ4v) is 2.71. The number of likely N-dealkylation sites (tertiary alicyclic amines) is 1. The summed E-state index contributed by atoms with van der Waals surface area (Å²) < 4.78 is 5.28. The highest BCUT2D eigenvalue weighted by Gasteiger charge is 2.42. The molecule has 21 heavy (non-hydrogen) atoms. The summed E-state index contributed by atoms with van der Waals surface area (Å²) in [5.74, 6) is -0.828. The third-order valence-corrected chi connectivity index (χ3v) is 4.17. The number of piperidine rings is 1. The molecule has 1 N–H and O–H groups in total. The summed E-state index contributed by atoms with van der Waals surface area (Å²) in [4.78, 5) is 25.1. The molecule has 2 rings (SSSR count). The lowest BCUT2D eigenvalue weighted by Gasteiger charge is -2.38. The van der Waals surface area contributed by atoms with E-state index in [1.807, 2.05) is 37.3 Å². The van der Waals surface area contributed by atoms with Crippen molar-refractivity contribution < 1.29 is 19.4 Å². The van der Waals surface area contributed by atoms with Gasteiger partial charge in [-0.1, -0.05) is 37.3 Å². The molecule has 1 aliphatic heterocycles. The van der Waals surface area contributed by atoms with Gasteiger partial charge in [0.15, 0.2) is 0 Å². The maximum atomic E-state index is 12.1. The van der Waals surface area contributed by atoms with Gasteiger partial charge in [0.1, 0.15) is 6.61 Å². The first-order valence-corrected chi connectivity index (χ1v) is 7.26. The molecule has 0 spiro atoms. The SMILES string of the molecule is CCC1(C(=O)O)CCCN(C(=O)OCc2ccccc2)C1. The Balaban J connectivity index is 1.94. The van der Waals surface area contributed by atoms with E-state index in [-0.39, 0.29) is 13.2 Å². The number of carboxylic acid groups (broad SMARTS) is 1. The van der Waals surface area contributed by atoms with Crippen molar-refractivity contribution in [2.45, 2.75) is 32.8 Å². The predicted molar refractivity (Wildman–Crippen MR) is 77.8 cm³/mol. The molecule has 5 heteroatoms. The third-order valence-electron chi connectivity index (χ3n) is 4.17. The Labute approximate surface area is 124 Å². The largest absolute Gasteiger partial charge is 0.481 e. The maximum Gasteiger partial charge on any atom is 0.410 e. The van der Waals surface area contributed by atoms with Gasteiger partial charge in [-0.25, -0.2) is 4.79 Å². The summed E-state index contributed by atoms with van der Waals surface area (Å²) in [7, 11) is 0. The molecule has 114 valence electrons. The van der Waals surface area contributed by atoms with Crippen molar-refractivity contribution in [3.63, 3.8) is 0 Å². The van der Waals surface area contributed by atoms with Gasteiger partial charge >= 0.3 is 12.1 Å². The number of amides is 1. The highest BCUT2D eigenvalue weighted by atomic mass is 16.6. The molecule has 1 amide bonds. The van der Waals surface area contributed by atoms with E-state index in [2.05, 4.69) is 0 Å². The third kappa shape index (κ3) is 3.54. The van der Waals surface area contributed by atoms with E-state index in [1.54, 1.807) is 0 Å². The molecule has 0 radical (unpaired) electrons. The molecule has 0 saturated carbocycles. The molecule has 1 atom stereocenters. The van der Waals surface area contributed by atoms with Crippen molar-refractivity contribution in [2.24, 2.45) is 5.41 Å². The van der Waals surface area contributed by atoms with Crippen LogP contribution in [0.15, 0.2) is 30.3 Å². The van der Waals surface area contributed by atoms with Crippen LogP contribution in [0.4, 0.5) is 4.79 Å². The minimum Gasteiger partial charge on any atom is -0.481 e. The minimum atomic E-state index is -0.829. The van der Waals surface area contributed by atoms with Crippen LogP contribution in [0.3, 0.4) is 0 Å². The number of aliphatic carboxylic acids is 1. The van der Waals surface area contributed by atoms with E-state index in [0.717, 1.165) is 5.56 Å². The molecule has 1 saturated heterocycles. The van der Waals surface area contributed by atoms with Crippen molar-refractivity contribution in [2.75, 3.05) is 13.1 Å². The number of carboxylic acids is 1. The van der Waals surface area contributed by atoms with Crippen LogP contribution < -0.4 is 0 Å². The van der Waals surface area contributed by atoms with Gasteiger partial charge in [0.05, 0.1) is 5.41 Å². The molecule has 5 nitrogen and oxygen atoms in total. The van der Waals surface area contributed by atoms with Gasteiger partial charge in [0.2, 0.25) is 0 Å². The standard InChI is InChI=1S/C16H21NO4/c1-2-16(14(18)19)9-6-10-17(12-16)15(20)21-11-13-7-4-3-5-8-13/h3-5,7-8H,2,6,9-12H2,1H3,(H,18,19). The summed E-state index contributed by atoms with van der Waals surface area (Å²) in [6.07, 6.45) is 1.39. The average molecular weight is 291 g/mol.